The van der Waals surface area contributed by atoms with Gasteiger partial charge in [0.1, 0.15) is 5.75 Å². The predicted octanol–water partition coefficient (Wildman–Crippen LogP) is 4.73. The van der Waals surface area contributed by atoms with Crippen molar-refractivity contribution in [3.05, 3.63) is 83.1 Å². The molecule has 2 aromatic carbocycles. The lowest BCUT2D eigenvalue weighted by atomic mass is 10.2. The van der Waals surface area contributed by atoms with Crippen LogP contribution in [0.5, 0.6) is 5.75 Å². The number of carbonyl (C=O) groups is 1. The van der Waals surface area contributed by atoms with Crippen molar-refractivity contribution < 1.29 is 9.53 Å². The van der Waals surface area contributed by atoms with Crippen LogP contribution in [-0.2, 0) is 4.79 Å². The number of hydrogen-bond donors (Lipinski definition) is 1. The molecule has 0 unspecified atom stereocenters. The van der Waals surface area contributed by atoms with E-state index in [1.807, 2.05) is 72.2 Å². The number of hydrazone groups is 1. The van der Waals surface area contributed by atoms with E-state index in [9.17, 15) is 4.79 Å². The average Bonchev–Trinajstić information content (AvgIpc) is 3.29. The van der Waals surface area contributed by atoms with E-state index in [0.717, 1.165) is 27.0 Å². The first kappa shape index (κ1) is 23.7. The van der Waals surface area contributed by atoms with Crippen LogP contribution in [0.2, 0.25) is 0 Å². The minimum absolute atomic E-state index is 0.127. The van der Waals surface area contributed by atoms with E-state index in [2.05, 4.69) is 41.6 Å². The third kappa shape index (κ3) is 6.09. The van der Waals surface area contributed by atoms with Crippen LogP contribution in [-0.4, -0.2) is 44.2 Å². The third-order valence-electron chi connectivity index (χ3n) is 4.56. The molecule has 2 heterocycles. The van der Waals surface area contributed by atoms with Crippen LogP contribution in [0.4, 0.5) is 0 Å². The van der Waals surface area contributed by atoms with Crippen molar-refractivity contribution in [1.82, 2.24) is 25.2 Å². The lowest BCUT2D eigenvalue weighted by molar-refractivity contribution is -0.118. The standard InChI is InChI=1S/C24H21BrN6O2S/c1-2-33-21-11-5-17(6-12-21)14-27-28-22(32)16-34-24-30-29-23(18-4-3-13-26-15-18)31(24)20-9-7-19(25)8-10-20/h3-15H,2,16H2,1H3,(H,28,32). The Kier molecular flexibility index (Phi) is 8.05. The molecule has 0 bridgehead atoms. The van der Waals surface area contributed by atoms with Crippen molar-refractivity contribution in [2.45, 2.75) is 12.1 Å². The monoisotopic (exact) mass is 536 g/mol. The highest BCUT2D eigenvalue weighted by Crippen LogP contribution is 2.28. The van der Waals surface area contributed by atoms with Crippen LogP contribution < -0.4 is 10.2 Å². The molecule has 0 atom stereocenters. The molecular formula is C24H21BrN6O2S. The van der Waals surface area contributed by atoms with Crippen molar-refractivity contribution in [2.75, 3.05) is 12.4 Å². The quantitative estimate of drug-likeness (QED) is 0.189. The van der Waals surface area contributed by atoms with E-state index in [0.29, 0.717) is 17.6 Å². The summed E-state index contributed by atoms with van der Waals surface area (Å²) in [6, 6.07) is 19.0. The maximum atomic E-state index is 12.4. The molecule has 10 heteroatoms. The predicted molar refractivity (Wildman–Crippen MR) is 136 cm³/mol. The summed E-state index contributed by atoms with van der Waals surface area (Å²) in [6.45, 7) is 2.55. The van der Waals surface area contributed by atoms with Gasteiger partial charge in [0, 0.05) is 28.1 Å². The Morgan fingerprint density at radius 2 is 1.94 bits per heavy atom. The van der Waals surface area contributed by atoms with Crippen molar-refractivity contribution >= 4 is 39.8 Å². The fourth-order valence-corrected chi connectivity index (χ4v) is 4.03. The van der Waals surface area contributed by atoms with Crippen LogP contribution in [0.1, 0.15) is 12.5 Å². The molecular weight excluding hydrogens is 516 g/mol. The summed E-state index contributed by atoms with van der Waals surface area (Å²) in [5, 5.41) is 13.3. The Balaban J connectivity index is 1.44. The van der Waals surface area contributed by atoms with Crippen molar-refractivity contribution in [3.8, 4) is 22.8 Å². The molecule has 4 rings (SSSR count). The first-order chi connectivity index (χ1) is 16.6. The number of pyridine rings is 1. The summed E-state index contributed by atoms with van der Waals surface area (Å²) < 4.78 is 8.29. The van der Waals surface area contributed by atoms with Gasteiger partial charge in [-0.1, -0.05) is 27.7 Å². The normalized spacial score (nSPS) is 11.0. The number of thioether (sulfide) groups is 1. The van der Waals surface area contributed by atoms with Gasteiger partial charge in [0.25, 0.3) is 5.91 Å². The number of carbonyl (C=O) groups excluding carboxylic acids is 1. The van der Waals surface area contributed by atoms with E-state index in [1.54, 1.807) is 18.6 Å². The second kappa shape index (κ2) is 11.6. The number of amides is 1. The van der Waals surface area contributed by atoms with Crippen molar-refractivity contribution in [1.29, 1.82) is 0 Å². The van der Waals surface area contributed by atoms with Gasteiger partial charge < -0.3 is 4.74 Å². The number of aromatic nitrogens is 4. The molecule has 0 saturated carbocycles. The molecule has 34 heavy (non-hydrogen) atoms. The van der Waals surface area contributed by atoms with E-state index in [4.69, 9.17) is 4.74 Å². The molecule has 0 aliphatic carbocycles. The minimum Gasteiger partial charge on any atom is -0.494 e. The highest BCUT2D eigenvalue weighted by Gasteiger charge is 2.17. The summed E-state index contributed by atoms with van der Waals surface area (Å²) in [5.41, 5.74) is 5.11. The Morgan fingerprint density at radius 3 is 2.65 bits per heavy atom. The Hall–Kier alpha value is -3.50. The molecule has 4 aromatic rings. The number of nitrogens with one attached hydrogen (secondary N) is 1. The minimum atomic E-state index is -0.250. The maximum absolute atomic E-state index is 12.4. The highest BCUT2D eigenvalue weighted by atomic mass is 79.9. The summed E-state index contributed by atoms with van der Waals surface area (Å²) in [4.78, 5) is 16.6. The zero-order valence-electron chi connectivity index (χ0n) is 18.3. The van der Waals surface area contributed by atoms with Gasteiger partial charge in [-0.15, -0.1) is 10.2 Å². The molecule has 1 N–H and O–H groups in total. The highest BCUT2D eigenvalue weighted by molar-refractivity contribution is 9.10. The SMILES string of the molecule is CCOc1ccc(C=NNC(=O)CSc2nnc(-c3cccnc3)n2-c2ccc(Br)cc2)cc1. The first-order valence-electron chi connectivity index (χ1n) is 10.4. The summed E-state index contributed by atoms with van der Waals surface area (Å²) in [7, 11) is 0. The first-order valence-corrected chi connectivity index (χ1v) is 12.2. The van der Waals surface area contributed by atoms with Gasteiger partial charge >= 0.3 is 0 Å². The van der Waals surface area contributed by atoms with Crippen LogP contribution in [0, 0.1) is 0 Å². The number of hydrogen-bond acceptors (Lipinski definition) is 7. The Bertz CT molecular complexity index is 1260. The number of rotatable bonds is 9. The Labute approximate surface area is 209 Å². The van der Waals surface area contributed by atoms with Gasteiger partial charge in [-0.3, -0.25) is 14.3 Å². The van der Waals surface area contributed by atoms with Crippen LogP contribution in [0.3, 0.4) is 0 Å². The summed E-state index contributed by atoms with van der Waals surface area (Å²) >= 11 is 4.74. The molecule has 0 saturated heterocycles. The van der Waals surface area contributed by atoms with Gasteiger partial charge in [0.15, 0.2) is 11.0 Å². The van der Waals surface area contributed by atoms with Gasteiger partial charge in [0.2, 0.25) is 0 Å². The molecule has 172 valence electrons. The Morgan fingerprint density at radius 1 is 1.15 bits per heavy atom. The molecule has 0 spiro atoms. The van der Waals surface area contributed by atoms with Crippen molar-refractivity contribution in [3.63, 3.8) is 0 Å². The molecule has 0 radical (unpaired) electrons. The smallest absolute Gasteiger partial charge is 0.250 e. The number of nitrogens with zero attached hydrogens (tertiary/aromatic N) is 5. The van der Waals surface area contributed by atoms with Gasteiger partial charge in [0.05, 0.1) is 18.6 Å². The van der Waals surface area contributed by atoms with Crippen LogP contribution in [0.25, 0.3) is 17.1 Å². The zero-order chi connectivity index (χ0) is 23.8. The number of halogens is 1. The fourth-order valence-electron chi connectivity index (χ4n) is 3.03. The molecule has 8 nitrogen and oxygen atoms in total. The summed E-state index contributed by atoms with van der Waals surface area (Å²) in [6.07, 6.45) is 5.02. The number of ether oxygens (including phenoxy) is 1. The number of benzene rings is 2. The van der Waals surface area contributed by atoms with E-state index >= 15 is 0 Å². The maximum Gasteiger partial charge on any atom is 0.250 e. The molecule has 1 amide bonds. The van der Waals surface area contributed by atoms with E-state index < -0.39 is 0 Å². The van der Waals surface area contributed by atoms with Crippen molar-refractivity contribution in [2.24, 2.45) is 5.10 Å². The third-order valence-corrected chi connectivity index (χ3v) is 6.02. The van der Waals surface area contributed by atoms with Gasteiger partial charge in [-0.25, -0.2) is 5.43 Å². The largest absolute Gasteiger partial charge is 0.494 e. The average molecular weight is 537 g/mol. The van der Waals surface area contributed by atoms with Gasteiger partial charge in [-0.05, 0) is 73.2 Å². The second-order valence-corrected chi connectivity index (χ2v) is 8.80. The lowest BCUT2D eigenvalue weighted by Gasteiger charge is -2.10. The molecule has 2 aromatic heterocycles. The zero-order valence-corrected chi connectivity index (χ0v) is 20.7. The fraction of sp³-hybridized carbons (Fsp3) is 0.125. The van der Waals surface area contributed by atoms with E-state index in [1.165, 1.54) is 11.8 Å². The molecule has 0 aliphatic heterocycles. The van der Waals surface area contributed by atoms with Crippen LogP contribution >= 0.6 is 27.7 Å². The second-order valence-electron chi connectivity index (χ2n) is 6.94. The van der Waals surface area contributed by atoms with Crippen LogP contribution in [0.15, 0.2) is 87.8 Å². The topological polar surface area (TPSA) is 94.3 Å². The lowest BCUT2D eigenvalue weighted by Crippen LogP contribution is -2.20. The van der Waals surface area contributed by atoms with E-state index in [-0.39, 0.29) is 11.7 Å². The molecule has 0 fully saturated rings. The summed E-state index contributed by atoms with van der Waals surface area (Å²) in [5.74, 6) is 1.32. The van der Waals surface area contributed by atoms with Gasteiger partial charge in [-0.2, -0.15) is 5.10 Å². The molecule has 0 aliphatic rings.